The predicted octanol–water partition coefficient (Wildman–Crippen LogP) is 5.91. The summed E-state index contributed by atoms with van der Waals surface area (Å²) in [5.74, 6) is 2.05. The molecule has 1 aromatic rings. The van der Waals surface area contributed by atoms with Crippen molar-refractivity contribution < 1.29 is 14.3 Å². The Morgan fingerprint density at radius 3 is 2.70 bits per heavy atom. The molecule has 1 saturated heterocycles. The second-order valence-corrected chi connectivity index (χ2v) is 12.4. The highest BCUT2D eigenvalue weighted by molar-refractivity contribution is 5.29. The Balaban J connectivity index is 1.16. The topological polar surface area (TPSA) is 45.8 Å². The molecule has 2 unspecified atom stereocenters. The molecule has 5 aliphatic rings. The third kappa shape index (κ3) is 3.42. The summed E-state index contributed by atoms with van der Waals surface area (Å²) < 4.78 is 11.8. The van der Waals surface area contributed by atoms with Crippen molar-refractivity contribution in [1.82, 2.24) is 4.90 Å². The Labute approximate surface area is 199 Å². The fourth-order valence-corrected chi connectivity index (χ4v) is 9.11. The Bertz CT molecular complexity index is 873. The molecular formula is C29H43NO3. The van der Waals surface area contributed by atoms with Crippen LogP contribution in [0.5, 0.6) is 0 Å². The van der Waals surface area contributed by atoms with Gasteiger partial charge in [0.25, 0.3) is 0 Å². The zero-order valence-corrected chi connectivity index (χ0v) is 20.7. The van der Waals surface area contributed by atoms with Crippen molar-refractivity contribution in [2.75, 3.05) is 26.2 Å². The smallest absolute Gasteiger partial charge is 0.0983 e. The summed E-state index contributed by atoms with van der Waals surface area (Å²) in [6, 6.07) is 1.99. The molecule has 6 rings (SSSR count). The van der Waals surface area contributed by atoms with E-state index in [0.717, 1.165) is 50.3 Å². The minimum Gasteiger partial charge on any atom is -0.472 e. The first-order valence-corrected chi connectivity index (χ1v) is 13.7. The normalized spacial score (nSPS) is 45.4. The van der Waals surface area contributed by atoms with Gasteiger partial charge in [0, 0.05) is 17.5 Å². The zero-order chi connectivity index (χ0) is 22.7. The fourth-order valence-electron chi connectivity index (χ4n) is 9.11. The minimum atomic E-state index is -0.735. The first kappa shape index (κ1) is 22.4. The first-order valence-electron chi connectivity index (χ1n) is 13.7. The molecule has 1 aliphatic heterocycles. The van der Waals surface area contributed by atoms with Crippen molar-refractivity contribution in [2.45, 2.75) is 89.8 Å². The van der Waals surface area contributed by atoms with Gasteiger partial charge in [-0.15, -0.1) is 0 Å². The lowest BCUT2D eigenvalue weighted by molar-refractivity contribution is -0.130. The molecule has 0 bridgehead atoms. The quantitative estimate of drug-likeness (QED) is 0.563. The Kier molecular flexibility index (Phi) is 5.59. The van der Waals surface area contributed by atoms with Gasteiger partial charge < -0.3 is 19.2 Å². The maximum absolute atomic E-state index is 11.9. The highest BCUT2D eigenvalue weighted by Gasteiger charge is 2.64. The van der Waals surface area contributed by atoms with Crippen LogP contribution < -0.4 is 0 Å². The molecule has 1 N–H and O–H groups in total. The average molecular weight is 454 g/mol. The molecule has 4 heteroatoms. The predicted molar refractivity (Wildman–Crippen MR) is 130 cm³/mol. The lowest BCUT2D eigenvalue weighted by Crippen LogP contribution is -2.53. The van der Waals surface area contributed by atoms with E-state index in [1.807, 2.05) is 6.07 Å². The minimum absolute atomic E-state index is 0.0460. The number of allylic oxidation sites excluding steroid dienone is 1. The van der Waals surface area contributed by atoms with Crippen molar-refractivity contribution in [1.29, 1.82) is 0 Å². The third-order valence-electron chi connectivity index (χ3n) is 11.2. The maximum atomic E-state index is 11.9. The monoisotopic (exact) mass is 453 g/mol. The van der Waals surface area contributed by atoms with Crippen LogP contribution in [0.2, 0.25) is 0 Å². The second-order valence-electron chi connectivity index (χ2n) is 12.4. The van der Waals surface area contributed by atoms with Crippen molar-refractivity contribution in [3.05, 3.63) is 35.8 Å². The van der Waals surface area contributed by atoms with Gasteiger partial charge >= 0.3 is 0 Å². The van der Waals surface area contributed by atoms with E-state index in [0.29, 0.717) is 23.4 Å². The number of nitrogens with zero attached hydrogens (tertiary/aromatic N) is 1. The molecule has 0 aromatic carbocycles. The molecule has 0 radical (unpaired) electrons. The summed E-state index contributed by atoms with van der Waals surface area (Å²) in [4.78, 5) is 2.56. The number of fused-ring (bicyclic) bond motifs is 5. The number of aliphatic hydroxyl groups is 1. The SMILES string of the molecule is C[C@]12CCC(OCCN3CCCC3)CC1=CC[C@@H]1[C@H]2CC[C@@]2(C)[C@H]1CCC2(O)c1ccoc1. The number of likely N-dealkylation sites (tertiary alicyclic amines) is 1. The molecular weight excluding hydrogens is 410 g/mol. The standard InChI is InChI=1S/C29H43NO3/c1-27-11-7-23(33-18-16-30-14-3-4-15-30)19-21(27)5-6-24-25(27)8-12-28(2)26(24)9-13-29(28,31)22-10-17-32-20-22/h5,10,17,20,23-26,31H,3-4,6-9,11-16,18-19H2,1-2H3/t23?,24-,25-,26+,27+,28+,29?/m1/s1. The van der Waals surface area contributed by atoms with Crippen LogP contribution in [0.15, 0.2) is 34.7 Å². The molecule has 33 heavy (non-hydrogen) atoms. The summed E-state index contributed by atoms with van der Waals surface area (Å²) in [5.41, 5.74) is 2.23. The van der Waals surface area contributed by atoms with Gasteiger partial charge in [-0.3, -0.25) is 0 Å². The van der Waals surface area contributed by atoms with Crippen LogP contribution in [0, 0.1) is 28.6 Å². The molecule has 4 nitrogen and oxygen atoms in total. The molecule has 1 aromatic heterocycles. The van der Waals surface area contributed by atoms with Gasteiger partial charge in [0.15, 0.2) is 0 Å². The van der Waals surface area contributed by atoms with Crippen LogP contribution in [0.3, 0.4) is 0 Å². The largest absolute Gasteiger partial charge is 0.472 e. The first-order chi connectivity index (χ1) is 15.9. The lowest BCUT2D eigenvalue weighted by atomic mass is 9.46. The second kappa shape index (κ2) is 8.24. The van der Waals surface area contributed by atoms with E-state index in [2.05, 4.69) is 24.8 Å². The maximum Gasteiger partial charge on any atom is 0.0983 e. The molecule has 4 aliphatic carbocycles. The van der Waals surface area contributed by atoms with Gasteiger partial charge in [0.1, 0.15) is 0 Å². The molecule has 0 spiro atoms. The van der Waals surface area contributed by atoms with Gasteiger partial charge in [-0.25, -0.2) is 0 Å². The highest BCUT2D eigenvalue weighted by atomic mass is 16.5. The fraction of sp³-hybridized carbons (Fsp3) is 0.793. The number of ether oxygens (including phenoxy) is 1. The number of furan rings is 1. The van der Waals surface area contributed by atoms with Crippen LogP contribution >= 0.6 is 0 Å². The van der Waals surface area contributed by atoms with E-state index in [4.69, 9.17) is 9.15 Å². The molecule has 4 fully saturated rings. The van der Waals surface area contributed by atoms with Crippen LogP contribution in [0.1, 0.15) is 83.6 Å². The van der Waals surface area contributed by atoms with Gasteiger partial charge in [0.2, 0.25) is 0 Å². The van der Waals surface area contributed by atoms with Crippen LogP contribution in [-0.4, -0.2) is 42.4 Å². The lowest BCUT2D eigenvalue weighted by Gasteiger charge is -2.59. The molecule has 182 valence electrons. The summed E-state index contributed by atoms with van der Waals surface area (Å²) in [6.07, 6.45) is 18.4. The summed E-state index contributed by atoms with van der Waals surface area (Å²) in [5, 5.41) is 11.9. The molecule has 2 heterocycles. The van der Waals surface area contributed by atoms with E-state index in [-0.39, 0.29) is 5.41 Å². The van der Waals surface area contributed by atoms with E-state index in [9.17, 15) is 5.11 Å². The van der Waals surface area contributed by atoms with Gasteiger partial charge in [0.05, 0.1) is 30.8 Å². The van der Waals surface area contributed by atoms with Crippen molar-refractivity contribution in [3.63, 3.8) is 0 Å². The Morgan fingerprint density at radius 2 is 1.91 bits per heavy atom. The molecule has 0 amide bonds. The summed E-state index contributed by atoms with van der Waals surface area (Å²) in [7, 11) is 0. The van der Waals surface area contributed by atoms with E-state index in [1.165, 1.54) is 51.6 Å². The van der Waals surface area contributed by atoms with Crippen molar-refractivity contribution in [2.24, 2.45) is 28.6 Å². The van der Waals surface area contributed by atoms with E-state index < -0.39 is 5.60 Å². The highest BCUT2D eigenvalue weighted by Crippen LogP contribution is 2.69. The third-order valence-corrected chi connectivity index (χ3v) is 11.2. The van der Waals surface area contributed by atoms with Crippen molar-refractivity contribution >= 4 is 0 Å². The molecule has 3 saturated carbocycles. The van der Waals surface area contributed by atoms with Crippen LogP contribution in [0.25, 0.3) is 0 Å². The molecule has 7 atom stereocenters. The Morgan fingerprint density at radius 1 is 1.09 bits per heavy atom. The van der Waals surface area contributed by atoms with Crippen LogP contribution in [0.4, 0.5) is 0 Å². The zero-order valence-electron chi connectivity index (χ0n) is 20.7. The number of rotatable bonds is 5. The van der Waals surface area contributed by atoms with Gasteiger partial charge in [-0.2, -0.15) is 0 Å². The number of hydrogen-bond donors (Lipinski definition) is 1. The average Bonchev–Trinajstić information content (AvgIpc) is 3.56. The summed E-state index contributed by atoms with van der Waals surface area (Å²) >= 11 is 0. The van der Waals surface area contributed by atoms with Crippen LogP contribution in [-0.2, 0) is 10.3 Å². The van der Waals surface area contributed by atoms with Gasteiger partial charge in [-0.05, 0) is 107 Å². The van der Waals surface area contributed by atoms with E-state index in [1.54, 1.807) is 18.1 Å². The Hall–Kier alpha value is -1.10. The summed E-state index contributed by atoms with van der Waals surface area (Å²) in [6.45, 7) is 9.47. The van der Waals surface area contributed by atoms with Gasteiger partial charge in [-0.1, -0.05) is 25.5 Å². The van der Waals surface area contributed by atoms with E-state index >= 15 is 0 Å². The van der Waals surface area contributed by atoms with Crippen molar-refractivity contribution in [3.8, 4) is 0 Å². The number of hydrogen-bond acceptors (Lipinski definition) is 4.